The van der Waals surface area contributed by atoms with E-state index in [1.165, 1.54) is 0 Å². The summed E-state index contributed by atoms with van der Waals surface area (Å²) in [7, 11) is 0. The Balaban J connectivity index is 1.87. The lowest BCUT2D eigenvalue weighted by molar-refractivity contribution is 0.0973. The summed E-state index contributed by atoms with van der Waals surface area (Å²) in [6.07, 6.45) is 1.88. The van der Waals surface area contributed by atoms with Crippen LogP contribution < -0.4 is 0 Å². The van der Waals surface area contributed by atoms with Gasteiger partial charge in [-0.3, -0.25) is 4.79 Å². The Morgan fingerprint density at radius 1 is 1.14 bits per heavy atom. The number of carbonyl (C=O) groups excluding carboxylic acids is 1. The van der Waals surface area contributed by atoms with E-state index in [0.717, 1.165) is 10.9 Å². The minimum absolute atomic E-state index is 0.00643. The summed E-state index contributed by atoms with van der Waals surface area (Å²) in [5.74, 6) is 0.00643. The van der Waals surface area contributed by atoms with Crippen molar-refractivity contribution in [1.29, 1.82) is 5.26 Å². The molecule has 0 saturated carbocycles. The molecule has 0 fully saturated rings. The second-order valence-corrected chi connectivity index (χ2v) is 5.20. The highest BCUT2D eigenvalue weighted by Gasteiger charge is 2.09. The van der Waals surface area contributed by atoms with Crippen LogP contribution in [0.15, 0.2) is 54.7 Å². The van der Waals surface area contributed by atoms with Crippen LogP contribution in [0.4, 0.5) is 0 Å². The molecule has 0 aliphatic rings. The van der Waals surface area contributed by atoms with Crippen molar-refractivity contribution in [3.63, 3.8) is 0 Å². The molecule has 0 amide bonds. The number of fused-ring (bicyclic) bond motifs is 1. The molecule has 0 radical (unpaired) electrons. The molecule has 0 aliphatic carbocycles. The second kappa shape index (κ2) is 5.43. The predicted octanol–water partition coefficient (Wildman–Crippen LogP) is 4.05. The predicted molar refractivity (Wildman–Crippen MR) is 82.4 cm³/mol. The molecule has 2 aromatic carbocycles. The molecule has 4 heteroatoms. The van der Waals surface area contributed by atoms with Crippen LogP contribution in [-0.4, -0.2) is 10.4 Å². The maximum Gasteiger partial charge on any atom is 0.182 e. The van der Waals surface area contributed by atoms with Crippen molar-refractivity contribution in [3.05, 3.63) is 70.9 Å². The van der Waals surface area contributed by atoms with E-state index in [0.29, 0.717) is 16.1 Å². The lowest BCUT2D eigenvalue weighted by atomic mass is 10.1. The van der Waals surface area contributed by atoms with Crippen molar-refractivity contribution >= 4 is 28.3 Å². The number of hydrogen-bond acceptors (Lipinski definition) is 2. The molecule has 3 aromatic rings. The number of aromatic nitrogens is 1. The normalized spacial score (nSPS) is 10.5. The van der Waals surface area contributed by atoms with Gasteiger partial charge < -0.3 is 4.57 Å². The van der Waals surface area contributed by atoms with Gasteiger partial charge in [0.1, 0.15) is 0 Å². The number of ketones is 1. The summed E-state index contributed by atoms with van der Waals surface area (Å²) >= 11 is 5.96. The molecule has 102 valence electrons. The average Bonchev–Trinajstić information content (AvgIpc) is 2.89. The van der Waals surface area contributed by atoms with Crippen LogP contribution in [0.3, 0.4) is 0 Å². The lowest BCUT2D eigenvalue weighted by Gasteiger charge is -2.05. The summed E-state index contributed by atoms with van der Waals surface area (Å²) in [6, 6.07) is 16.2. The molecular weight excluding hydrogens is 284 g/mol. The first-order valence-electron chi connectivity index (χ1n) is 6.45. The van der Waals surface area contributed by atoms with E-state index in [2.05, 4.69) is 0 Å². The fraction of sp³-hybridized carbons (Fsp3) is 0.0588. The fourth-order valence-corrected chi connectivity index (χ4v) is 2.47. The van der Waals surface area contributed by atoms with Gasteiger partial charge in [-0.25, -0.2) is 0 Å². The monoisotopic (exact) mass is 294 g/mol. The van der Waals surface area contributed by atoms with Gasteiger partial charge >= 0.3 is 0 Å². The zero-order valence-corrected chi connectivity index (χ0v) is 11.8. The van der Waals surface area contributed by atoms with Gasteiger partial charge in [0.15, 0.2) is 5.78 Å². The largest absolute Gasteiger partial charge is 0.340 e. The summed E-state index contributed by atoms with van der Waals surface area (Å²) < 4.78 is 1.90. The summed E-state index contributed by atoms with van der Waals surface area (Å²) in [4.78, 5) is 12.3. The van der Waals surface area contributed by atoms with E-state index >= 15 is 0 Å². The number of Topliss-reactive ketones (excluding diaryl/α,β-unsaturated/α-hetero) is 1. The molecule has 0 bridgehead atoms. The van der Waals surface area contributed by atoms with Gasteiger partial charge in [-0.2, -0.15) is 5.26 Å². The van der Waals surface area contributed by atoms with E-state index in [-0.39, 0.29) is 12.3 Å². The Morgan fingerprint density at radius 2 is 1.90 bits per heavy atom. The maximum atomic E-state index is 12.3. The molecule has 0 aliphatic heterocycles. The third kappa shape index (κ3) is 2.67. The van der Waals surface area contributed by atoms with Gasteiger partial charge in [-0.05, 0) is 36.4 Å². The zero-order valence-electron chi connectivity index (χ0n) is 11.1. The first kappa shape index (κ1) is 13.4. The van der Waals surface area contributed by atoms with Crippen LogP contribution in [-0.2, 0) is 6.54 Å². The molecule has 0 atom stereocenters. The molecule has 21 heavy (non-hydrogen) atoms. The van der Waals surface area contributed by atoms with E-state index in [1.807, 2.05) is 41.1 Å². The van der Waals surface area contributed by atoms with E-state index < -0.39 is 0 Å². The molecule has 1 heterocycles. The molecule has 0 N–H and O–H groups in total. The molecule has 1 aromatic heterocycles. The average molecular weight is 295 g/mol. The molecular formula is C17H11ClN2O. The van der Waals surface area contributed by atoms with Crippen molar-refractivity contribution in [3.8, 4) is 6.07 Å². The van der Waals surface area contributed by atoms with E-state index in [1.54, 1.807) is 24.3 Å². The molecule has 0 saturated heterocycles. The van der Waals surface area contributed by atoms with Gasteiger partial charge in [0, 0.05) is 27.7 Å². The van der Waals surface area contributed by atoms with Gasteiger partial charge in [-0.15, -0.1) is 0 Å². The first-order chi connectivity index (χ1) is 10.2. The Bertz CT molecular complexity index is 857. The summed E-state index contributed by atoms with van der Waals surface area (Å²) in [5.41, 5.74) is 2.12. The number of carbonyl (C=O) groups is 1. The van der Waals surface area contributed by atoms with Gasteiger partial charge in [0.25, 0.3) is 0 Å². The van der Waals surface area contributed by atoms with Crippen LogP contribution in [0.1, 0.15) is 15.9 Å². The topological polar surface area (TPSA) is 45.8 Å². The highest BCUT2D eigenvalue weighted by atomic mass is 35.5. The fourth-order valence-electron chi connectivity index (χ4n) is 2.29. The smallest absolute Gasteiger partial charge is 0.182 e. The molecule has 3 rings (SSSR count). The van der Waals surface area contributed by atoms with Crippen LogP contribution in [0, 0.1) is 11.3 Å². The highest BCUT2D eigenvalue weighted by Crippen LogP contribution is 2.21. The Labute approximate surface area is 127 Å². The molecule has 0 unspecified atom stereocenters. The van der Waals surface area contributed by atoms with Crippen LogP contribution in [0.5, 0.6) is 0 Å². The van der Waals surface area contributed by atoms with Crippen molar-refractivity contribution in [2.45, 2.75) is 6.54 Å². The van der Waals surface area contributed by atoms with E-state index in [4.69, 9.17) is 16.9 Å². The molecule has 0 spiro atoms. The minimum Gasteiger partial charge on any atom is -0.340 e. The Kier molecular flexibility index (Phi) is 3.47. The van der Waals surface area contributed by atoms with Gasteiger partial charge in [0.05, 0.1) is 18.2 Å². The number of benzene rings is 2. The van der Waals surface area contributed by atoms with E-state index in [9.17, 15) is 4.79 Å². The number of hydrogen-bond donors (Lipinski definition) is 0. The van der Waals surface area contributed by atoms with Crippen molar-refractivity contribution < 1.29 is 4.79 Å². The zero-order chi connectivity index (χ0) is 14.8. The summed E-state index contributed by atoms with van der Waals surface area (Å²) in [5, 5.41) is 10.5. The Hall–Kier alpha value is -2.57. The van der Waals surface area contributed by atoms with Crippen LogP contribution in [0.25, 0.3) is 10.9 Å². The van der Waals surface area contributed by atoms with Crippen molar-refractivity contribution in [1.82, 2.24) is 4.57 Å². The standard InChI is InChI=1S/C17H11ClN2O/c18-15-5-6-16-14(9-15)7-8-20(16)11-17(21)13-3-1-12(10-19)2-4-13/h1-9H,11H2. The third-order valence-electron chi connectivity index (χ3n) is 3.38. The quantitative estimate of drug-likeness (QED) is 0.684. The number of nitrogens with zero attached hydrogens (tertiary/aromatic N) is 2. The SMILES string of the molecule is N#Cc1ccc(C(=O)Cn2ccc3cc(Cl)ccc32)cc1. The van der Waals surface area contributed by atoms with Gasteiger partial charge in [-0.1, -0.05) is 23.7 Å². The second-order valence-electron chi connectivity index (χ2n) is 4.76. The van der Waals surface area contributed by atoms with Crippen LogP contribution in [0.2, 0.25) is 5.02 Å². The highest BCUT2D eigenvalue weighted by molar-refractivity contribution is 6.31. The minimum atomic E-state index is 0.00643. The molecule has 3 nitrogen and oxygen atoms in total. The number of nitriles is 1. The summed E-state index contributed by atoms with van der Waals surface area (Å²) in [6.45, 7) is 0.261. The Morgan fingerprint density at radius 3 is 2.62 bits per heavy atom. The van der Waals surface area contributed by atoms with Gasteiger partial charge in [0.2, 0.25) is 0 Å². The number of rotatable bonds is 3. The number of halogens is 1. The first-order valence-corrected chi connectivity index (χ1v) is 6.83. The maximum absolute atomic E-state index is 12.3. The van der Waals surface area contributed by atoms with Crippen LogP contribution >= 0.6 is 11.6 Å². The van der Waals surface area contributed by atoms with Crippen molar-refractivity contribution in [2.24, 2.45) is 0 Å². The third-order valence-corrected chi connectivity index (χ3v) is 3.62. The lowest BCUT2D eigenvalue weighted by Crippen LogP contribution is -2.09. The van der Waals surface area contributed by atoms with Crippen molar-refractivity contribution in [2.75, 3.05) is 0 Å².